The quantitative estimate of drug-likeness (QED) is 0.0646. The van der Waals surface area contributed by atoms with E-state index in [0.29, 0.717) is 25.9 Å². The van der Waals surface area contributed by atoms with Gasteiger partial charge in [-0.05, 0) is 38.5 Å². The largest absolute Gasteiger partial charge is 0.481 e. The molecule has 0 amide bonds. The zero-order valence-electron chi connectivity index (χ0n) is 61.0. The van der Waals surface area contributed by atoms with Crippen molar-refractivity contribution in [3.05, 3.63) is 0 Å². The lowest BCUT2D eigenvalue weighted by atomic mass is 9.97. The van der Waals surface area contributed by atoms with Gasteiger partial charge in [0, 0.05) is 39.3 Å². The van der Waals surface area contributed by atoms with Crippen LogP contribution in [0.4, 0.5) is 17.8 Å². The average Bonchev–Trinajstić information content (AvgIpc) is 3.75. The van der Waals surface area contributed by atoms with Gasteiger partial charge in [0.05, 0.1) is 5.92 Å². The Balaban J connectivity index is 2.14. The lowest BCUT2D eigenvalue weighted by Crippen LogP contribution is -2.39. The molecule has 8 heteroatoms. The van der Waals surface area contributed by atoms with E-state index in [4.69, 9.17) is 15.0 Å². The highest BCUT2D eigenvalue weighted by molar-refractivity contribution is 5.70. The van der Waals surface area contributed by atoms with Gasteiger partial charge in [0.1, 0.15) is 0 Å². The number of anilines is 3. The number of carboxylic acid groups (broad SMARTS) is 1. The third-order valence-electron chi connectivity index (χ3n) is 20.4. The van der Waals surface area contributed by atoms with E-state index >= 15 is 0 Å². The van der Waals surface area contributed by atoms with Crippen LogP contribution < -0.4 is 14.7 Å². The van der Waals surface area contributed by atoms with E-state index in [1.165, 1.54) is 411 Å². The number of hydrogen-bond acceptors (Lipinski definition) is 7. The summed E-state index contributed by atoms with van der Waals surface area (Å²) in [6.07, 6.45) is 89.8. The standard InChI is InChI=1S/C81H158N6O2/c1-5-9-13-17-21-25-29-33-37-41-45-49-53-57-61-65-71-85(72-66-62-58-54-50-46-42-38-34-30-26-22-18-14-10-6-2)79-82-80(84-81(83-79)87-75-69-77(70-76-87)78(88)89)86(73-67-63-59-55-51-47-43-39-35-31-27-23-19-15-11-7-3)74-68-64-60-56-52-48-44-40-36-32-28-24-20-16-12-8-4/h77H,5-76H2,1-4H3,(H,88,89). The molecule has 0 unspecified atom stereocenters. The van der Waals surface area contributed by atoms with Crippen LogP contribution >= 0.6 is 0 Å². The highest BCUT2D eigenvalue weighted by Crippen LogP contribution is 2.27. The summed E-state index contributed by atoms with van der Waals surface area (Å²) in [5.41, 5.74) is 0. The first-order chi connectivity index (χ1) is 44.0. The van der Waals surface area contributed by atoms with Crippen molar-refractivity contribution in [2.24, 2.45) is 5.92 Å². The third kappa shape index (κ3) is 51.9. The molecule has 8 nitrogen and oxygen atoms in total. The monoisotopic (exact) mass is 1250 g/mol. The lowest BCUT2D eigenvalue weighted by molar-refractivity contribution is -0.142. The topological polar surface area (TPSA) is 85.7 Å². The van der Waals surface area contributed by atoms with Crippen molar-refractivity contribution in [3.63, 3.8) is 0 Å². The molecule has 1 aromatic heterocycles. The van der Waals surface area contributed by atoms with Crippen molar-refractivity contribution in [2.75, 3.05) is 54.0 Å². The highest BCUT2D eigenvalue weighted by Gasteiger charge is 2.28. The Morgan fingerprint density at radius 3 is 0.629 bits per heavy atom. The van der Waals surface area contributed by atoms with Crippen LogP contribution in [0.3, 0.4) is 0 Å². The van der Waals surface area contributed by atoms with Gasteiger partial charge in [-0.15, -0.1) is 0 Å². The molecule has 0 bridgehead atoms. The van der Waals surface area contributed by atoms with Crippen LogP contribution in [-0.4, -0.2) is 65.3 Å². The molecule has 1 aromatic rings. The Labute approximate surface area is 557 Å². The number of piperidine rings is 1. The van der Waals surface area contributed by atoms with Gasteiger partial charge in [0.25, 0.3) is 0 Å². The maximum Gasteiger partial charge on any atom is 0.306 e. The molecule has 0 spiro atoms. The highest BCUT2D eigenvalue weighted by atomic mass is 16.4. The number of rotatable bonds is 72. The normalized spacial score (nSPS) is 12.9. The van der Waals surface area contributed by atoms with Crippen molar-refractivity contribution >= 4 is 23.8 Å². The van der Waals surface area contributed by atoms with Crippen molar-refractivity contribution in [1.29, 1.82) is 0 Å². The van der Waals surface area contributed by atoms with E-state index in [-0.39, 0.29) is 5.92 Å². The minimum atomic E-state index is -0.658. The molecule has 89 heavy (non-hydrogen) atoms. The first-order valence-electron chi connectivity index (χ1n) is 41.3. The molecule has 0 saturated carbocycles. The molecular weight excluding hydrogens is 1090 g/mol. The second-order valence-corrected chi connectivity index (χ2v) is 29.0. The average molecular weight is 1250 g/mol. The summed E-state index contributed by atoms with van der Waals surface area (Å²) in [6.45, 7) is 14.6. The molecule has 0 radical (unpaired) electrons. The summed E-state index contributed by atoms with van der Waals surface area (Å²) in [4.78, 5) is 36.0. The molecule has 2 heterocycles. The van der Waals surface area contributed by atoms with E-state index in [2.05, 4.69) is 42.4 Å². The maximum absolute atomic E-state index is 12.2. The summed E-state index contributed by atoms with van der Waals surface area (Å²) in [5, 5.41) is 10.0. The molecule has 1 N–H and O–H groups in total. The maximum atomic E-state index is 12.2. The summed E-state index contributed by atoms with van der Waals surface area (Å²) < 4.78 is 0. The van der Waals surface area contributed by atoms with E-state index in [1.807, 2.05) is 0 Å². The zero-order chi connectivity index (χ0) is 63.7. The van der Waals surface area contributed by atoms with E-state index in [1.54, 1.807) is 0 Å². The number of carbonyl (C=O) groups is 1. The first kappa shape index (κ1) is 83.0. The minimum absolute atomic E-state index is 0.283. The minimum Gasteiger partial charge on any atom is -0.481 e. The molecule has 1 aliphatic rings. The van der Waals surface area contributed by atoms with E-state index in [9.17, 15) is 9.90 Å². The van der Waals surface area contributed by atoms with Crippen LogP contribution in [0, 0.1) is 5.92 Å². The first-order valence-corrected chi connectivity index (χ1v) is 41.3. The van der Waals surface area contributed by atoms with E-state index in [0.717, 1.165) is 44.0 Å². The zero-order valence-corrected chi connectivity index (χ0v) is 61.0. The SMILES string of the molecule is CCCCCCCCCCCCCCCCCCN(CCCCCCCCCCCCCCCCCC)c1nc(N(CCCCCCCCCCCCCCCCCC)CCCCCCCCCCCCCCCCCC)nc(N2CCC(C(=O)O)CC2)n1. The Bertz CT molecular complexity index is 1420. The number of hydrogen-bond donors (Lipinski definition) is 1. The van der Waals surface area contributed by atoms with Crippen LogP contribution in [0.1, 0.15) is 451 Å². The Hall–Kier alpha value is -2.12. The number of carboxylic acids is 1. The van der Waals surface area contributed by atoms with Crippen LogP contribution in [-0.2, 0) is 4.79 Å². The molecule has 2 rings (SSSR count). The Morgan fingerprint density at radius 1 is 0.292 bits per heavy atom. The van der Waals surface area contributed by atoms with Crippen LogP contribution in [0.15, 0.2) is 0 Å². The van der Waals surface area contributed by atoms with Crippen LogP contribution in [0.25, 0.3) is 0 Å². The lowest BCUT2D eigenvalue weighted by Gasteiger charge is -2.32. The number of nitrogens with zero attached hydrogens (tertiary/aromatic N) is 6. The Morgan fingerprint density at radius 2 is 0.461 bits per heavy atom. The number of unbranched alkanes of at least 4 members (excludes halogenated alkanes) is 60. The van der Waals surface area contributed by atoms with Crippen molar-refractivity contribution in [3.8, 4) is 0 Å². The van der Waals surface area contributed by atoms with Gasteiger partial charge >= 0.3 is 5.97 Å². The van der Waals surface area contributed by atoms with Crippen molar-refractivity contribution < 1.29 is 9.90 Å². The van der Waals surface area contributed by atoms with Crippen molar-refractivity contribution in [2.45, 2.75) is 451 Å². The van der Waals surface area contributed by atoms with Crippen LogP contribution in [0.2, 0.25) is 0 Å². The predicted molar refractivity (Wildman–Crippen MR) is 395 cm³/mol. The molecule has 0 aliphatic carbocycles. The molecule has 0 atom stereocenters. The van der Waals surface area contributed by atoms with Gasteiger partial charge in [-0.2, -0.15) is 15.0 Å². The fourth-order valence-electron chi connectivity index (χ4n) is 14.1. The van der Waals surface area contributed by atoms with E-state index < -0.39 is 5.97 Å². The van der Waals surface area contributed by atoms with Gasteiger partial charge in [-0.25, -0.2) is 0 Å². The summed E-state index contributed by atoms with van der Waals surface area (Å²) in [6, 6.07) is 0. The smallest absolute Gasteiger partial charge is 0.306 e. The number of aliphatic carboxylic acids is 1. The van der Waals surface area contributed by atoms with Gasteiger partial charge < -0.3 is 19.8 Å². The predicted octanol–water partition coefficient (Wildman–Crippen LogP) is 26.8. The summed E-state index contributed by atoms with van der Waals surface area (Å²) in [5.74, 6) is 1.58. The Kier molecular flexibility index (Phi) is 61.5. The van der Waals surface area contributed by atoms with Gasteiger partial charge in [-0.3, -0.25) is 4.79 Å². The van der Waals surface area contributed by atoms with Gasteiger partial charge in [0.15, 0.2) is 0 Å². The second kappa shape index (κ2) is 65.9. The molecule has 0 aromatic carbocycles. The molecule has 524 valence electrons. The second-order valence-electron chi connectivity index (χ2n) is 29.0. The molecule has 1 fully saturated rings. The fraction of sp³-hybridized carbons (Fsp3) is 0.951. The molecule has 1 aliphatic heterocycles. The third-order valence-corrected chi connectivity index (χ3v) is 20.4. The van der Waals surface area contributed by atoms with Crippen molar-refractivity contribution in [1.82, 2.24) is 15.0 Å². The fourth-order valence-corrected chi connectivity index (χ4v) is 14.1. The van der Waals surface area contributed by atoms with Gasteiger partial charge in [-0.1, -0.05) is 413 Å². The summed E-state index contributed by atoms with van der Waals surface area (Å²) >= 11 is 0. The van der Waals surface area contributed by atoms with Gasteiger partial charge in [0.2, 0.25) is 17.8 Å². The van der Waals surface area contributed by atoms with Crippen LogP contribution in [0.5, 0.6) is 0 Å². The molecular formula is C81H158N6O2. The number of aromatic nitrogens is 3. The molecule has 1 saturated heterocycles. The summed E-state index contributed by atoms with van der Waals surface area (Å²) in [7, 11) is 0.